The summed E-state index contributed by atoms with van der Waals surface area (Å²) < 4.78 is 7.39. The summed E-state index contributed by atoms with van der Waals surface area (Å²) in [5.74, 6) is 0.853. The predicted molar refractivity (Wildman–Crippen MR) is 55.5 cm³/mol. The maximum Gasteiger partial charge on any atom is 0.203 e. The second-order valence-electron chi connectivity index (χ2n) is 3.20. The molecule has 0 aliphatic rings. The fourth-order valence-corrected chi connectivity index (χ4v) is 1.68. The Bertz CT molecular complexity index is 548. The van der Waals surface area contributed by atoms with E-state index in [9.17, 15) is 0 Å². The smallest absolute Gasteiger partial charge is 0.203 e. The number of hydrogen-bond donors (Lipinski definition) is 0. The van der Waals surface area contributed by atoms with Crippen molar-refractivity contribution in [1.29, 1.82) is 0 Å². The summed E-state index contributed by atoms with van der Waals surface area (Å²) >= 11 is 0. The topological polar surface area (TPSA) is 18.1 Å². The minimum absolute atomic E-state index is 0.853. The molecule has 0 bridgehead atoms. The normalized spacial score (nSPS) is 10.9. The van der Waals surface area contributed by atoms with E-state index in [1.54, 1.807) is 6.26 Å². The first-order chi connectivity index (χ1) is 6.95. The number of fused-ring (bicyclic) bond motifs is 1. The van der Waals surface area contributed by atoms with Gasteiger partial charge in [0.1, 0.15) is 0 Å². The van der Waals surface area contributed by atoms with E-state index in [4.69, 9.17) is 4.42 Å². The Balaban J connectivity index is 2.33. The first-order valence-electron chi connectivity index (χ1n) is 4.55. The Kier molecular flexibility index (Phi) is 1.47. The average molecular weight is 183 g/mol. The summed E-state index contributed by atoms with van der Waals surface area (Å²) in [6.07, 6.45) is 3.70. The molecule has 1 aromatic carbocycles. The first-order valence-corrected chi connectivity index (χ1v) is 4.55. The summed E-state index contributed by atoms with van der Waals surface area (Å²) in [5.41, 5.74) is 1.17. The molecule has 0 N–H and O–H groups in total. The van der Waals surface area contributed by atoms with Crippen LogP contribution < -0.4 is 0 Å². The molecule has 14 heavy (non-hydrogen) atoms. The Hall–Kier alpha value is -1.96. The Morgan fingerprint density at radius 1 is 0.929 bits per heavy atom. The maximum absolute atomic E-state index is 5.35. The van der Waals surface area contributed by atoms with Crippen molar-refractivity contribution in [2.45, 2.75) is 0 Å². The molecular weight excluding hydrogens is 174 g/mol. The minimum Gasteiger partial charge on any atom is -0.448 e. The molecule has 0 fully saturated rings. The van der Waals surface area contributed by atoms with E-state index in [-0.39, 0.29) is 0 Å². The number of aromatic nitrogens is 1. The Morgan fingerprint density at radius 3 is 2.71 bits per heavy atom. The molecule has 0 amide bonds. The molecule has 0 spiro atoms. The lowest BCUT2D eigenvalue weighted by Gasteiger charge is -1.99. The summed E-state index contributed by atoms with van der Waals surface area (Å²) in [5, 5.41) is 1.23. The van der Waals surface area contributed by atoms with Crippen LogP contribution in [0.1, 0.15) is 0 Å². The highest BCUT2D eigenvalue weighted by Gasteiger charge is 2.02. The molecule has 2 heteroatoms. The fourth-order valence-electron chi connectivity index (χ4n) is 1.68. The fraction of sp³-hybridized carbons (Fsp3) is 0. The number of benzene rings is 1. The SMILES string of the molecule is c1coc(-n2ccc3ccccc32)c1. The summed E-state index contributed by atoms with van der Waals surface area (Å²) in [7, 11) is 0. The van der Waals surface area contributed by atoms with Gasteiger partial charge in [0.15, 0.2) is 0 Å². The van der Waals surface area contributed by atoms with Crippen molar-refractivity contribution in [3.63, 3.8) is 0 Å². The van der Waals surface area contributed by atoms with Gasteiger partial charge in [0.2, 0.25) is 5.88 Å². The molecule has 0 saturated heterocycles. The number of para-hydroxylation sites is 1. The van der Waals surface area contributed by atoms with Gasteiger partial charge in [-0.2, -0.15) is 0 Å². The molecule has 0 unspecified atom stereocenters. The van der Waals surface area contributed by atoms with Gasteiger partial charge >= 0.3 is 0 Å². The van der Waals surface area contributed by atoms with Crippen LogP contribution >= 0.6 is 0 Å². The highest BCUT2D eigenvalue weighted by Crippen LogP contribution is 2.19. The molecule has 0 saturated carbocycles. The number of hydrogen-bond acceptors (Lipinski definition) is 1. The highest BCUT2D eigenvalue weighted by molar-refractivity contribution is 5.81. The second-order valence-corrected chi connectivity index (χ2v) is 3.20. The standard InChI is InChI=1S/C12H9NO/c1-2-5-11-10(4-1)7-8-13(11)12-6-3-9-14-12/h1-9H. The van der Waals surface area contributed by atoms with Crippen molar-refractivity contribution in [3.8, 4) is 5.88 Å². The number of nitrogens with zero attached hydrogens (tertiary/aromatic N) is 1. The van der Waals surface area contributed by atoms with E-state index in [1.165, 1.54) is 10.9 Å². The van der Waals surface area contributed by atoms with Crippen LogP contribution in [-0.4, -0.2) is 4.57 Å². The molecule has 3 rings (SSSR count). The molecule has 68 valence electrons. The summed E-state index contributed by atoms with van der Waals surface area (Å²) in [4.78, 5) is 0. The largest absolute Gasteiger partial charge is 0.448 e. The van der Waals surface area contributed by atoms with Crippen molar-refractivity contribution in [2.75, 3.05) is 0 Å². The third-order valence-electron chi connectivity index (χ3n) is 2.34. The minimum atomic E-state index is 0.853. The second kappa shape index (κ2) is 2.77. The van der Waals surface area contributed by atoms with Gasteiger partial charge in [-0.1, -0.05) is 18.2 Å². The molecule has 0 atom stereocenters. The molecule has 3 aromatic rings. The van der Waals surface area contributed by atoms with Crippen LogP contribution in [0, 0.1) is 0 Å². The zero-order valence-electron chi connectivity index (χ0n) is 7.55. The predicted octanol–water partition coefficient (Wildman–Crippen LogP) is 3.22. The van der Waals surface area contributed by atoms with Gasteiger partial charge in [-0.3, -0.25) is 4.57 Å². The quantitative estimate of drug-likeness (QED) is 0.566. The van der Waals surface area contributed by atoms with Crippen LogP contribution in [0.25, 0.3) is 16.8 Å². The van der Waals surface area contributed by atoms with E-state index >= 15 is 0 Å². The van der Waals surface area contributed by atoms with Gasteiger partial charge in [-0.05, 0) is 18.2 Å². The van der Waals surface area contributed by atoms with Gasteiger partial charge in [0.25, 0.3) is 0 Å². The molecular formula is C12H9NO. The van der Waals surface area contributed by atoms with Crippen LogP contribution in [0.2, 0.25) is 0 Å². The van der Waals surface area contributed by atoms with E-state index in [0.29, 0.717) is 0 Å². The zero-order valence-corrected chi connectivity index (χ0v) is 7.55. The van der Waals surface area contributed by atoms with Crippen molar-refractivity contribution in [1.82, 2.24) is 4.57 Å². The number of rotatable bonds is 1. The van der Waals surface area contributed by atoms with E-state index in [1.807, 2.05) is 35.0 Å². The molecule has 2 heterocycles. The van der Waals surface area contributed by atoms with Gasteiger partial charge in [0, 0.05) is 17.6 Å². The third-order valence-corrected chi connectivity index (χ3v) is 2.34. The molecule has 0 aliphatic carbocycles. The van der Waals surface area contributed by atoms with E-state index in [0.717, 1.165) is 5.88 Å². The third kappa shape index (κ3) is 0.973. The average Bonchev–Trinajstić information content (AvgIpc) is 2.85. The first kappa shape index (κ1) is 7.44. The van der Waals surface area contributed by atoms with Crippen molar-refractivity contribution in [3.05, 3.63) is 54.9 Å². The monoisotopic (exact) mass is 183 g/mol. The Labute approximate surface area is 81.4 Å². The zero-order chi connectivity index (χ0) is 9.38. The maximum atomic E-state index is 5.35. The van der Waals surface area contributed by atoms with Crippen LogP contribution in [0.3, 0.4) is 0 Å². The van der Waals surface area contributed by atoms with Gasteiger partial charge < -0.3 is 4.42 Å². The molecule has 0 aliphatic heterocycles. The van der Waals surface area contributed by atoms with Crippen LogP contribution in [0.15, 0.2) is 59.3 Å². The van der Waals surface area contributed by atoms with Crippen LogP contribution in [0.5, 0.6) is 0 Å². The van der Waals surface area contributed by atoms with Crippen LogP contribution in [0.4, 0.5) is 0 Å². The van der Waals surface area contributed by atoms with Crippen molar-refractivity contribution >= 4 is 10.9 Å². The van der Waals surface area contributed by atoms with Crippen molar-refractivity contribution in [2.24, 2.45) is 0 Å². The van der Waals surface area contributed by atoms with Gasteiger partial charge in [-0.15, -0.1) is 0 Å². The van der Waals surface area contributed by atoms with Crippen molar-refractivity contribution < 1.29 is 4.42 Å². The van der Waals surface area contributed by atoms with Gasteiger partial charge in [0.05, 0.1) is 11.8 Å². The number of furan rings is 1. The lowest BCUT2D eigenvalue weighted by Crippen LogP contribution is -1.87. The molecule has 0 radical (unpaired) electrons. The lowest BCUT2D eigenvalue weighted by atomic mass is 10.2. The highest BCUT2D eigenvalue weighted by atomic mass is 16.3. The van der Waals surface area contributed by atoms with E-state index in [2.05, 4.69) is 18.2 Å². The van der Waals surface area contributed by atoms with E-state index < -0.39 is 0 Å². The molecule has 2 aromatic heterocycles. The van der Waals surface area contributed by atoms with Gasteiger partial charge in [-0.25, -0.2) is 0 Å². The van der Waals surface area contributed by atoms with Crippen LogP contribution in [-0.2, 0) is 0 Å². The summed E-state index contributed by atoms with van der Waals surface area (Å²) in [6.45, 7) is 0. The summed E-state index contributed by atoms with van der Waals surface area (Å²) in [6, 6.07) is 14.2. The molecule has 2 nitrogen and oxygen atoms in total. The Morgan fingerprint density at radius 2 is 1.86 bits per heavy atom. The lowest BCUT2D eigenvalue weighted by molar-refractivity contribution is 0.543.